The highest BCUT2D eigenvalue weighted by atomic mass is 15.3. The third kappa shape index (κ3) is 1.70. The van der Waals surface area contributed by atoms with E-state index < -0.39 is 0 Å². The summed E-state index contributed by atoms with van der Waals surface area (Å²) in [6.45, 7) is 10.8. The van der Waals surface area contributed by atoms with Crippen LogP contribution in [0.3, 0.4) is 0 Å². The Labute approximate surface area is 88.1 Å². The Morgan fingerprint density at radius 3 is 2.43 bits per heavy atom. The van der Waals surface area contributed by atoms with Crippen molar-refractivity contribution in [1.82, 2.24) is 10.2 Å². The predicted octanol–water partition coefficient (Wildman–Crippen LogP) is 1.86. The lowest BCUT2D eigenvalue weighted by Crippen LogP contribution is -2.61. The van der Waals surface area contributed by atoms with Crippen LogP contribution in [0.2, 0.25) is 0 Å². The second-order valence-corrected chi connectivity index (χ2v) is 5.54. The summed E-state index contributed by atoms with van der Waals surface area (Å²) < 4.78 is 0. The normalized spacial score (nSPS) is 32.1. The fourth-order valence-corrected chi connectivity index (χ4v) is 3.16. The molecule has 1 unspecified atom stereocenters. The minimum Gasteiger partial charge on any atom is -0.314 e. The van der Waals surface area contributed by atoms with Gasteiger partial charge in [-0.2, -0.15) is 0 Å². The van der Waals surface area contributed by atoms with Gasteiger partial charge in [0, 0.05) is 25.2 Å². The first kappa shape index (κ1) is 10.4. The zero-order valence-corrected chi connectivity index (χ0v) is 9.84. The number of nitrogens with zero attached hydrogens (tertiary/aromatic N) is 1. The SMILES string of the molecule is CCN(C1CNC1)C1CCCC1(C)C. The molecule has 1 saturated carbocycles. The molecule has 0 aromatic heterocycles. The summed E-state index contributed by atoms with van der Waals surface area (Å²) in [4.78, 5) is 2.74. The summed E-state index contributed by atoms with van der Waals surface area (Å²) in [5, 5.41) is 3.39. The molecule has 0 aromatic rings. The molecule has 82 valence electrons. The van der Waals surface area contributed by atoms with E-state index in [9.17, 15) is 0 Å². The van der Waals surface area contributed by atoms with E-state index in [1.165, 1.54) is 38.9 Å². The van der Waals surface area contributed by atoms with Gasteiger partial charge in [0.15, 0.2) is 0 Å². The zero-order valence-electron chi connectivity index (χ0n) is 9.84. The van der Waals surface area contributed by atoms with E-state index in [-0.39, 0.29) is 0 Å². The first-order valence-electron chi connectivity index (χ1n) is 6.11. The van der Waals surface area contributed by atoms with E-state index in [1.807, 2.05) is 0 Å². The van der Waals surface area contributed by atoms with E-state index in [0.29, 0.717) is 5.41 Å². The van der Waals surface area contributed by atoms with Crippen molar-refractivity contribution in [3.05, 3.63) is 0 Å². The van der Waals surface area contributed by atoms with Gasteiger partial charge in [-0.15, -0.1) is 0 Å². The second kappa shape index (κ2) is 3.82. The molecule has 0 radical (unpaired) electrons. The standard InChI is InChI=1S/C12H24N2/c1-4-14(10-8-13-9-10)11-6-5-7-12(11,2)3/h10-11,13H,4-9H2,1-3H3. The Bertz CT molecular complexity index is 196. The highest BCUT2D eigenvalue weighted by molar-refractivity contribution is 4.96. The Hall–Kier alpha value is -0.0800. The first-order chi connectivity index (χ1) is 6.65. The molecular formula is C12H24N2. The van der Waals surface area contributed by atoms with Crippen LogP contribution >= 0.6 is 0 Å². The van der Waals surface area contributed by atoms with E-state index in [4.69, 9.17) is 0 Å². The lowest BCUT2D eigenvalue weighted by atomic mass is 9.85. The Balaban J connectivity index is 2.03. The summed E-state index contributed by atoms with van der Waals surface area (Å²) in [5.74, 6) is 0. The van der Waals surface area contributed by atoms with Gasteiger partial charge >= 0.3 is 0 Å². The van der Waals surface area contributed by atoms with Crippen LogP contribution in [0.1, 0.15) is 40.0 Å². The van der Waals surface area contributed by atoms with Gasteiger partial charge in [0.1, 0.15) is 0 Å². The average Bonchev–Trinajstić information content (AvgIpc) is 2.37. The van der Waals surface area contributed by atoms with Gasteiger partial charge in [-0.25, -0.2) is 0 Å². The predicted molar refractivity (Wildman–Crippen MR) is 60.5 cm³/mol. The monoisotopic (exact) mass is 196 g/mol. The molecule has 1 saturated heterocycles. The topological polar surface area (TPSA) is 15.3 Å². The average molecular weight is 196 g/mol. The van der Waals surface area contributed by atoms with Gasteiger partial charge < -0.3 is 5.32 Å². The maximum atomic E-state index is 3.39. The first-order valence-corrected chi connectivity index (χ1v) is 6.11. The molecule has 2 aliphatic rings. The van der Waals surface area contributed by atoms with Crippen molar-refractivity contribution >= 4 is 0 Å². The van der Waals surface area contributed by atoms with Crippen LogP contribution in [-0.2, 0) is 0 Å². The number of nitrogens with one attached hydrogen (secondary N) is 1. The Kier molecular flexibility index (Phi) is 2.85. The smallest absolute Gasteiger partial charge is 0.0348 e. The van der Waals surface area contributed by atoms with Crippen molar-refractivity contribution < 1.29 is 0 Å². The molecule has 1 heterocycles. The molecule has 0 spiro atoms. The molecular weight excluding hydrogens is 172 g/mol. The van der Waals surface area contributed by atoms with Crippen LogP contribution in [0.25, 0.3) is 0 Å². The summed E-state index contributed by atoms with van der Waals surface area (Å²) in [6.07, 6.45) is 4.25. The summed E-state index contributed by atoms with van der Waals surface area (Å²) in [5.41, 5.74) is 0.547. The molecule has 2 nitrogen and oxygen atoms in total. The van der Waals surface area contributed by atoms with E-state index in [1.54, 1.807) is 0 Å². The molecule has 0 aromatic carbocycles. The van der Waals surface area contributed by atoms with E-state index >= 15 is 0 Å². The van der Waals surface area contributed by atoms with Crippen LogP contribution in [0, 0.1) is 5.41 Å². The van der Waals surface area contributed by atoms with Crippen LogP contribution < -0.4 is 5.32 Å². The van der Waals surface area contributed by atoms with Crippen molar-refractivity contribution in [3.63, 3.8) is 0 Å². The van der Waals surface area contributed by atoms with Crippen molar-refractivity contribution in [3.8, 4) is 0 Å². The maximum absolute atomic E-state index is 3.39. The van der Waals surface area contributed by atoms with Crippen molar-refractivity contribution in [1.29, 1.82) is 0 Å². The van der Waals surface area contributed by atoms with Gasteiger partial charge in [-0.1, -0.05) is 27.2 Å². The van der Waals surface area contributed by atoms with Crippen LogP contribution in [0.5, 0.6) is 0 Å². The number of rotatable bonds is 3. The van der Waals surface area contributed by atoms with Gasteiger partial charge in [0.25, 0.3) is 0 Å². The molecule has 2 rings (SSSR count). The fraction of sp³-hybridized carbons (Fsp3) is 1.00. The number of hydrogen-bond donors (Lipinski definition) is 1. The third-order valence-corrected chi connectivity index (χ3v) is 4.20. The van der Waals surface area contributed by atoms with Crippen molar-refractivity contribution in [2.75, 3.05) is 19.6 Å². The summed E-state index contributed by atoms with van der Waals surface area (Å²) in [6, 6.07) is 1.65. The fourth-order valence-electron chi connectivity index (χ4n) is 3.16. The van der Waals surface area contributed by atoms with E-state index in [2.05, 4.69) is 31.0 Å². The molecule has 0 amide bonds. The lowest BCUT2D eigenvalue weighted by Gasteiger charge is -2.45. The third-order valence-electron chi connectivity index (χ3n) is 4.20. The summed E-state index contributed by atoms with van der Waals surface area (Å²) in [7, 11) is 0. The minimum absolute atomic E-state index is 0.547. The second-order valence-electron chi connectivity index (χ2n) is 5.54. The van der Waals surface area contributed by atoms with Crippen LogP contribution in [0.4, 0.5) is 0 Å². The van der Waals surface area contributed by atoms with Crippen molar-refractivity contribution in [2.45, 2.75) is 52.1 Å². The Morgan fingerprint density at radius 2 is 2.07 bits per heavy atom. The molecule has 0 bridgehead atoms. The number of hydrogen-bond acceptors (Lipinski definition) is 2. The Morgan fingerprint density at radius 1 is 1.36 bits per heavy atom. The molecule has 1 atom stereocenters. The zero-order chi connectivity index (χ0) is 10.2. The number of likely N-dealkylation sites (N-methyl/N-ethyl adjacent to an activating group) is 1. The van der Waals surface area contributed by atoms with E-state index in [0.717, 1.165) is 12.1 Å². The van der Waals surface area contributed by atoms with Crippen LogP contribution in [0.15, 0.2) is 0 Å². The van der Waals surface area contributed by atoms with Crippen molar-refractivity contribution in [2.24, 2.45) is 5.41 Å². The minimum atomic E-state index is 0.547. The van der Waals surface area contributed by atoms with Crippen LogP contribution in [-0.4, -0.2) is 36.6 Å². The van der Waals surface area contributed by atoms with Gasteiger partial charge in [-0.3, -0.25) is 4.90 Å². The molecule has 2 fully saturated rings. The highest BCUT2D eigenvalue weighted by Crippen LogP contribution is 2.41. The molecule has 1 aliphatic carbocycles. The molecule has 1 aliphatic heterocycles. The van der Waals surface area contributed by atoms with Gasteiger partial charge in [0.2, 0.25) is 0 Å². The van der Waals surface area contributed by atoms with Gasteiger partial charge in [-0.05, 0) is 24.8 Å². The highest BCUT2D eigenvalue weighted by Gasteiger charge is 2.41. The van der Waals surface area contributed by atoms with Gasteiger partial charge in [0.05, 0.1) is 0 Å². The largest absolute Gasteiger partial charge is 0.314 e. The quantitative estimate of drug-likeness (QED) is 0.741. The molecule has 1 N–H and O–H groups in total. The summed E-state index contributed by atoms with van der Waals surface area (Å²) >= 11 is 0. The maximum Gasteiger partial charge on any atom is 0.0348 e. The lowest BCUT2D eigenvalue weighted by molar-refractivity contribution is 0.0502. The molecule has 2 heteroatoms. The molecule has 14 heavy (non-hydrogen) atoms.